The minimum atomic E-state index is -3.92. The van der Waals surface area contributed by atoms with E-state index >= 15 is 0 Å². The number of ether oxygens (including phenoxy) is 1. The standard InChI is InChI=1S/C24H27Cl3N3O.CH4O3S/c1-2-3-4-15-31-24(22-10-7-20(26)16-23(22)27)17-30-14-13-29(18-30)12-11-28-21-8-5-19(25)6-9-21;1-5(2,3)4/h2-3,5-10,13-14,16,18,24,28H,4,11-12,15,17H2,1H3;1H3,(H,2,3,4)/q+1;/p-1. The first-order valence-electron chi connectivity index (χ1n) is 11.2. The summed E-state index contributed by atoms with van der Waals surface area (Å²) < 4.78 is 37.7. The number of aromatic nitrogens is 2. The van der Waals surface area contributed by atoms with Crippen molar-refractivity contribution in [2.24, 2.45) is 0 Å². The molecule has 1 N–H and O–H groups in total. The van der Waals surface area contributed by atoms with Crippen molar-refractivity contribution in [3.63, 3.8) is 0 Å². The number of anilines is 1. The molecule has 196 valence electrons. The Kier molecular flexibility index (Phi) is 12.8. The van der Waals surface area contributed by atoms with Crippen LogP contribution in [0.25, 0.3) is 0 Å². The lowest BCUT2D eigenvalue weighted by atomic mass is 10.1. The molecule has 0 aliphatic heterocycles. The van der Waals surface area contributed by atoms with Crippen molar-refractivity contribution < 1.29 is 22.3 Å². The molecule has 1 atom stereocenters. The van der Waals surface area contributed by atoms with Gasteiger partial charge in [-0.25, -0.2) is 17.6 Å². The highest BCUT2D eigenvalue weighted by Crippen LogP contribution is 2.29. The molecule has 0 amide bonds. The zero-order valence-corrected chi connectivity index (χ0v) is 23.2. The molecule has 0 aliphatic rings. The summed E-state index contributed by atoms with van der Waals surface area (Å²) in [7, 11) is -3.92. The molecule has 0 fully saturated rings. The molecular weight excluding hydrogens is 545 g/mol. The number of hydrogen-bond acceptors (Lipinski definition) is 5. The Hall–Kier alpha value is -2.07. The summed E-state index contributed by atoms with van der Waals surface area (Å²) in [5.41, 5.74) is 1.99. The molecule has 0 aliphatic carbocycles. The first-order chi connectivity index (χ1) is 17.0. The molecule has 11 heteroatoms. The number of rotatable bonds is 11. The molecule has 3 aromatic rings. The topological polar surface area (TPSA) is 87.3 Å². The van der Waals surface area contributed by atoms with Crippen LogP contribution in [0.3, 0.4) is 0 Å². The van der Waals surface area contributed by atoms with Gasteiger partial charge >= 0.3 is 0 Å². The fraction of sp³-hybridized carbons (Fsp3) is 0.320. The van der Waals surface area contributed by atoms with E-state index in [9.17, 15) is 0 Å². The number of imidazole rings is 1. The molecule has 7 nitrogen and oxygen atoms in total. The van der Waals surface area contributed by atoms with Crippen molar-refractivity contribution in [1.82, 2.24) is 4.57 Å². The summed E-state index contributed by atoms with van der Waals surface area (Å²) in [4.78, 5) is 0. The monoisotopic (exact) mass is 573 g/mol. The van der Waals surface area contributed by atoms with Crippen LogP contribution in [0.15, 0.2) is 73.3 Å². The Morgan fingerprint density at radius 3 is 2.44 bits per heavy atom. The van der Waals surface area contributed by atoms with Crippen LogP contribution in [0, 0.1) is 0 Å². The van der Waals surface area contributed by atoms with Gasteiger partial charge in [0, 0.05) is 32.6 Å². The second-order valence-corrected chi connectivity index (χ2v) is 10.6. The van der Waals surface area contributed by atoms with Crippen LogP contribution in [0.2, 0.25) is 15.1 Å². The maximum Gasteiger partial charge on any atom is 0.243 e. The molecule has 0 saturated carbocycles. The maximum absolute atomic E-state index is 9.08. The van der Waals surface area contributed by atoms with Crippen LogP contribution in [0.1, 0.15) is 25.0 Å². The predicted octanol–water partition coefficient (Wildman–Crippen LogP) is 5.73. The van der Waals surface area contributed by atoms with Gasteiger partial charge in [0.05, 0.1) is 23.3 Å². The Balaban J connectivity index is 0.000000830. The average Bonchev–Trinajstić information content (AvgIpc) is 3.23. The molecule has 1 heterocycles. The normalized spacial score (nSPS) is 12.3. The lowest BCUT2D eigenvalue weighted by Gasteiger charge is -2.18. The highest BCUT2D eigenvalue weighted by Gasteiger charge is 2.19. The predicted molar refractivity (Wildman–Crippen MR) is 145 cm³/mol. The lowest BCUT2D eigenvalue weighted by Crippen LogP contribution is -2.36. The van der Waals surface area contributed by atoms with Crippen molar-refractivity contribution in [1.29, 1.82) is 0 Å². The van der Waals surface area contributed by atoms with Gasteiger partial charge in [0.25, 0.3) is 0 Å². The number of nitrogens with zero attached hydrogens (tertiary/aromatic N) is 2. The number of halogens is 3. The van der Waals surface area contributed by atoms with E-state index in [1.54, 1.807) is 6.07 Å². The number of nitrogens with one attached hydrogen (secondary N) is 1. The molecule has 36 heavy (non-hydrogen) atoms. The SMILES string of the molecule is CC=CCCOC(C[n+]1ccn(CCNc2ccc(Cl)cc2)c1)c1ccc(Cl)cc1Cl.CS(=O)(=O)[O-]. The van der Waals surface area contributed by atoms with Crippen molar-refractivity contribution in [3.8, 4) is 0 Å². The van der Waals surface area contributed by atoms with Gasteiger partial charge in [0.2, 0.25) is 6.33 Å². The van der Waals surface area contributed by atoms with Gasteiger partial charge in [0.1, 0.15) is 31.6 Å². The fourth-order valence-corrected chi connectivity index (χ4v) is 3.87. The highest BCUT2D eigenvalue weighted by molar-refractivity contribution is 7.84. The fourth-order valence-electron chi connectivity index (χ4n) is 3.22. The van der Waals surface area contributed by atoms with E-state index in [1.807, 2.05) is 49.4 Å². The first kappa shape index (κ1) is 30.2. The number of hydrogen-bond donors (Lipinski definition) is 1. The van der Waals surface area contributed by atoms with E-state index in [0.29, 0.717) is 29.5 Å². The summed E-state index contributed by atoms with van der Waals surface area (Å²) in [6, 6.07) is 13.3. The van der Waals surface area contributed by atoms with Crippen molar-refractivity contribution in [2.45, 2.75) is 32.5 Å². The summed E-state index contributed by atoms with van der Waals surface area (Å²) >= 11 is 18.5. The lowest BCUT2D eigenvalue weighted by molar-refractivity contribution is -0.704. The van der Waals surface area contributed by atoms with Gasteiger partial charge < -0.3 is 14.6 Å². The Morgan fingerprint density at radius 1 is 1.14 bits per heavy atom. The van der Waals surface area contributed by atoms with Gasteiger partial charge in [-0.1, -0.05) is 53.0 Å². The summed E-state index contributed by atoms with van der Waals surface area (Å²) in [6.45, 7) is 4.94. The van der Waals surface area contributed by atoms with Gasteiger partial charge in [-0.15, -0.1) is 0 Å². The molecular formula is C25H30Cl3N3O4S. The Morgan fingerprint density at radius 2 is 1.81 bits per heavy atom. The van der Waals surface area contributed by atoms with Crippen molar-refractivity contribution in [3.05, 3.63) is 94.0 Å². The summed E-state index contributed by atoms with van der Waals surface area (Å²) in [5.74, 6) is 0. The maximum atomic E-state index is 9.08. The van der Waals surface area contributed by atoms with E-state index in [0.717, 1.165) is 35.8 Å². The zero-order chi connectivity index (χ0) is 26.6. The van der Waals surface area contributed by atoms with Crippen LogP contribution >= 0.6 is 34.8 Å². The first-order valence-corrected chi connectivity index (χ1v) is 14.1. The third-order valence-corrected chi connectivity index (χ3v) is 5.63. The van der Waals surface area contributed by atoms with E-state index in [1.165, 1.54) is 0 Å². The zero-order valence-electron chi connectivity index (χ0n) is 20.1. The van der Waals surface area contributed by atoms with Crippen molar-refractivity contribution >= 4 is 50.6 Å². The minimum absolute atomic E-state index is 0.164. The number of allylic oxidation sites excluding steroid dienone is 1. The third-order valence-electron chi connectivity index (χ3n) is 4.81. The van der Waals surface area contributed by atoms with Crippen LogP contribution in [-0.2, 0) is 27.9 Å². The smallest absolute Gasteiger partial charge is 0.243 e. The van der Waals surface area contributed by atoms with Gasteiger partial charge in [0.15, 0.2) is 0 Å². The minimum Gasteiger partial charge on any atom is -0.748 e. The highest BCUT2D eigenvalue weighted by atomic mass is 35.5. The van der Waals surface area contributed by atoms with E-state index in [4.69, 9.17) is 52.5 Å². The van der Waals surface area contributed by atoms with Gasteiger partial charge in [-0.05, 0) is 49.7 Å². The molecule has 2 aromatic carbocycles. The molecule has 1 aromatic heterocycles. The largest absolute Gasteiger partial charge is 0.748 e. The molecule has 0 radical (unpaired) electrons. The molecule has 1 unspecified atom stereocenters. The molecule has 0 bridgehead atoms. The second kappa shape index (κ2) is 15.2. The quantitative estimate of drug-likeness (QED) is 0.137. The van der Waals surface area contributed by atoms with Crippen LogP contribution in [0.4, 0.5) is 5.69 Å². The summed E-state index contributed by atoms with van der Waals surface area (Å²) in [5, 5.41) is 5.38. The molecule has 3 rings (SSSR count). The average molecular weight is 575 g/mol. The third kappa shape index (κ3) is 12.3. The van der Waals surface area contributed by atoms with Crippen LogP contribution in [0.5, 0.6) is 0 Å². The van der Waals surface area contributed by atoms with Gasteiger partial charge in [-0.2, -0.15) is 0 Å². The molecule has 0 saturated heterocycles. The van der Waals surface area contributed by atoms with Gasteiger partial charge in [-0.3, -0.25) is 0 Å². The van der Waals surface area contributed by atoms with Crippen molar-refractivity contribution in [2.75, 3.05) is 24.7 Å². The summed E-state index contributed by atoms with van der Waals surface area (Å²) in [6.07, 6.45) is 11.6. The second-order valence-electron chi connectivity index (χ2n) is 7.87. The number of benzene rings is 2. The van der Waals surface area contributed by atoms with Crippen LogP contribution in [-0.4, -0.2) is 36.9 Å². The van der Waals surface area contributed by atoms with E-state index < -0.39 is 10.1 Å². The van der Waals surface area contributed by atoms with E-state index in [2.05, 4.69) is 39.2 Å². The molecule has 0 spiro atoms. The van der Waals surface area contributed by atoms with E-state index in [-0.39, 0.29) is 6.10 Å². The Bertz CT molecular complexity index is 1210. The van der Waals surface area contributed by atoms with Crippen LogP contribution < -0.4 is 9.88 Å². The Labute approximate surface area is 228 Å².